The van der Waals surface area contributed by atoms with Gasteiger partial charge in [-0.1, -0.05) is 54.6 Å². The molecule has 0 bridgehead atoms. The van der Waals surface area contributed by atoms with Crippen molar-refractivity contribution in [3.8, 4) is 0 Å². The van der Waals surface area contributed by atoms with Crippen LogP contribution >= 0.6 is 0 Å². The van der Waals surface area contributed by atoms with Crippen LogP contribution < -0.4 is 5.32 Å². The van der Waals surface area contributed by atoms with E-state index >= 15 is 0 Å². The Bertz CT molecular complexity index is 747. The number of nitrogens with zero attached hydrogens (tertiary/aromatic N) is 1. The second-order valence-corrected chi connectivity index (χ2v) is 7.18. The summed E-state index contributed by atoms with van der Waals surface area (Å²) < 4.78 is 5.11. The highest BCUT2D eigenvalue weighted by atomic mass is 16.5. The van der Waals surface area contributed by atoms with Crippen LogP contribution in [-0.4, -0.2) is 46.9 Å². The topological polar surface area (TPSA) is 82.0 Å². The number of aliphatic hydroxyl groups is 2. The van der Waals surface area contributed by atoms with Crippen LogP contribution in [0.25, 0.3) is 0 Å². The Hall–Kier alpha value is -2.41. The largest absolute Gasteiger partial charge is 0.445 e. The summed E-state index contributed by atoms with van der Waals surface area (Å²) in [4.78, 5) is 14.2. The van der Waals surface area contributed by atoms with E-state index in [0.29, 0.717) is 5.56 Å². The molecule has 0 aromatic heterocycles. The minimum atomic E-state index is -1.12. The number of likely N-dealkylation sites (tertiary alicyclic amines) is 1. The Morgan fingerprint density at radius 1 is 1.04 bits per heavy atom. The molecular weight excluding hydrogens is 356 g/mol. The van der Waals surface area contributed by atoms with Gasteiger partial charge in [0.05, 0.1) is 0 Å². The van der Waals surface area contributed by atoms with Crippen LogP contribution in [0.3, 0.4) is 0 Å². The molecule has 28 heavy (non-hydrogen) atoms. The highest BCUT2D eigenvalue weighted by molar-refractivity contribution is 5.67. The number of benzene rings is 2. The van der Waals surface area contributed by atoms with Crippen LogP contribution in [0.1, 0.15) is 35.6 Å². The van der Waals surface area contributed by atoms with Crippen LogP contribution in [0.4, 0.5) is 4.79 Å². The summed E-state index contributed by atoms with van der Waals surface area (Å²) in [5.74, 6) is 0. The van der Waals surface area contributed by atoms with Gasteiger partial charge < -0.3 is 20.3 Å². The predicted octanol–water partition coefficient (Wildman–Crippen LogP) is 2.60. The maximum atomic E-state index is 11.8. The van der Waals surface area contributed by atoms with E-state index in [2.05, 4.69) is 10.2 Å². The molecule has 3 rings (SSSR count). The van der Waals surface area contributed by atoms with E-state index < -0.39 is 18.3 Å². The van der Waals surface area contributed by atoms with Crippen LogP contribution in [0, 0.1) is 0 Å². The van der Waals surface area contributed by atoms with E-state index in [0.717, 1.165) is 30.8 Å². The van der Waals surface area contributed by atoms with Crippen molar-refractivity contribution < 1.29 is 19.7 Å². The van der Waals surface area contributed by atoms with Crippen molar-refractivity contribution in [1.29, 1.82) is 0 Å². The molecule has 150 valence electrons. The van der Waals surface area contributed by atoms with Crippen molar-refractivity contribution in [2.24, 2.45) is 0 Å². The van der Waals surface area contributed by atoms with Gasteiger partial charge >= 0.3 is 6.09 Å². The summed E-state index contributed by atoms with van der Waals surface area (Å²) >= 11 is 0. The third-order valence-electron chi connectivity index (χ3n) is 4.93. The van der Waals surface area contributed by atoms with Gasteiger partial charge in [0.1, 0.15) is 18.8 Å². The summed E-state index contributed by atoms with van der Waals surface area (Å²) in [6, 6.07) is 17.0. The lowest BCUT2D eigenvalue weighted by Gasteiger charge is -2.20. The van der Waals surface area contributed by atoms with Gasteiger partial charge in [-0.05, 0) is 42.6 Å². The number of hydrogen-bond acceptors (Lipinski definition) is 5. The Morgan fingerprint density at radius 3 is 2.50 bits per heavy atom. The van der Waals surface area contributed by atoms with Crippen LogP contribution in [0.15, 0.2) is 54.6 Å². The van der Waals surface area contributed by atoms with E-state index in [1.54, 1.807) is 6.07 Å². The van der Waals surface area contributed by atoms with Gasteiger partial charge in [-0.3, -0.25) is 4.90 Å². The zero-order valence-corrected chi connectivity index (χ0v) is 16.0. The van der Waals surface area contributed by atoms with Crippen LogP contribution in [0.2, 0.25) is 0 Å². The van der Waals surface area contributed by atoms with Gasteiger partial charge in [0.15, 0.2) is 0 Å². The highest BCUT2D eigenvalue weighted by Gasteiger charge is 2.20. The van der Waals surface area contributed by atoms with Crippen molar-refractivity contribution in [2.45, 2.75) is 38.2 Å². The maximum Gasteiger partial charge on any atom is 0.407 e. The molecule has 0 aliphatic carbocycles. The van der Waals surface area contributed by atoms with Gasteiger partial charge in [-0.25, -0.2) is 4.79 Å². The summed E-state index contributed by atoms with van der Waals surface area (Å²) in [6.45, 7) is 3.12. The SMILES string of the molecule is O=C(NCC(O)C(O)c1cccc(CN2CCCC2)c1)OCc1ccccc1. The van der Waals surface area contributed by atoms with Crippen molar-refractivity contribution >= 4 is 6.09 Å². The second kappa shape index (κ2) is 10.2. The Kier molecular flexibility index (Phi) is 7.42. The van der Waals surface area contributed by atoms with Crippen LogP contribution in [0.5, 0.6) is 0 Å². The molecule has 3 N–H and O–H groups in total. The zero-order valence-electron chi connectivity index (χ0n) is 16.0. The normalized spacial score (nSPS) is 16.5. The number of nitrogens with one attached hydrogen (secondary N) is 1. The number of aliphatic hydroxyl groups excluding tert-OH is 2. The van der Waals surface area contributed by atoms with Crippen molar-refractivity contribution in [1.82, 2.24) is 10.2 Å². The Morgan fingerprint density at radius 2 is 1.75 bits per heavy atom. The fraction of sp³-hybridized carbons (Fsp3) is 0.409. The minimum Gasteiger partial charge on any atom is -0.445 e. The molecule has 1 heterocycles. The molecule has 2 aromatic rings. The molecule has 1 amide bonds. The molecule has 1 saturated heterocycles. The first kappa shape index (κ1) is 20.3. The number of carbonyl (C=O) groups excluding carboxylic acids is 1. The minimum absolute atomic E-state index is 0.0921. The van der Waals surface area contributed by atoms with E-state index in [-0.39, 0.29) is 13.2 Å². The smallest absolute Gasteiger partial charge is 0.407 e. The highest BCUT2D eigenvalue weighted by Crippen LogP contribution is 2.20. The van der Waals surface area contributed by atoms with Gasteiger partial charge in [-0.2, -0.15) is 0 Å². The Labute approximate surface area is 165 Å². The molecule has 1 aliphatic rings. The first-order valence-electron chi connectivity index (χ1n) is 9.73. The Balaban J connectivity index is 1.45. The quantitative estimate of drug-likeness (QED) is 0.652. The maximum absolute atomic E-state index is 11.8. The molecular formula is C22H28N2O4. The van der Waals surface area contributed by atoms with E-state index in [4.69, 9.17) is 4.74 Å². The molecule has 0 radical (unpaired) electrons. The fourth-order valence-corrected chi connectivity index (χ4v) is 3.37. The van der Waals surface area contributed by atoms with Gasteiger partial charge in [0.25, 0.3) is 0 Å². The number of amides is 1. The molecule has 0 saturated carbocycles. The number of rotatable bonds is 8. The average Bonchev–Trinajstić information content (AvgIpc) is 3.24. The monoisotopic (exact) mass is 384 g/mol. The van der Waals surface area contributed by atoms with Gasteiger partial charge in [-0.15, -0.1) is 0 Å². The van der Waals surface area contributed by atoms with Gasteiger partial charge in [0.2, 0.25) is 0 Å². The lowest BCUT2D eigenvalue weighted by molar-refractivity contribution is 0.0183. The molecule has 2 aromatic carbocycles. The van der Waals surface area contributed by atoms with Crippen molar-refractivity contribution in [3.63, 3.8) is 0 Å². The molecule has 0 spiro atoms. The third-order valence-corrected chi connectivity index (χ3v) is 4.93. The lowest BCUT2D eigenvalue weighted by Crippen LogP contribution is -2.35. The standard InChI is InChI=1S/C22H28N2O4/c25-20(14-23-22(27)28-16-17-7-2-1-3-8-17)21(26)19-10-6-9-18(13-19)15-24-11-4-5-12-24/h1-3,6-10,13,20-21,25-26H,4-5,11-12,14-16H2,(H,23,27). The number of hydrogen-bond donors (Lipinski definition) is 3. The molecule has 2 atom stereocenters. The second-order valence-electron chi connectivity index (χ2n) is 7.18. The van der Waals surface area contributed by atoms with Crippen molar-refractivity contribution in [2.75, 3.05) is 19.6 Å². The number of alkyl carbamates (subject to hydrolysis) is 1. The molecule has 1 aliphatic heterocycles. The molecule has 6 nitrogen and oxygen atoms in total. The van der Waals surface area contributed by atoms with E-state index in [9.17, 15) is 15.0 Å². The molecule has 2 unspecified atom stereocenters. The van der Waals surface area contributed by atoms with E-state index in [1.165, 1.54) is 12.8 Å². The summed E-state index contributed by atoms with van der Waals surface area (Å²) in [5, 5.41) is 23.2. The fourth-order valence-electron chi connectivity index (χ4n) is 3.37. The number of ether oxygens (including phenoxy) is 1. The summed E-state index contributed by atoms with van der Waals surface area (Å²) in [5.41, 5.74) is 2.64. The predicted molar refractivity (Wildman–Crippen MR) is 107 cm³/mol. The van der Waals surface area contributed by atoms with Gasteiger partial charge in [0, 0.05) is 13.1 Å². The molecule has 6 heteroatoms. The molecule has 1 fully saturated rings. The summed E-state index contributed by atoms with van der Waals surface area (Å²) in [7, 11) is 0. The zero-order chi connectivity index (χ0) is 19.8. The van der Waals surface area contributed by atoms with Crippen LogP contribution in [-0.2, 0) is 17.9 Å². The number of carbonyl (C=O) groups is 1. The first-order valence-corrected chi connectivity index (χ1v) is 9.73. The van der Waals surface area contributed by atoms with E-state index in [1.807, 2.05) is 48.5 Å². The lowest BCUT2D eigenvalue weighted by atomic mass is 10.0. The first-order chi connectivity index (χ1) is 13.6. The third kappa shape index (κ3) is 6.05. The summed E-state index contributed by atoms with van der Waals surface area (Å²) in [6.07, 6.45) is -0.364. The average molecular weight is 384 g/mol. The van der Waals surface area contributed by atoms with Crippen molar-refractivity contribution in [3.05, 3.63) is 71.3 Å².